The van der Waals surface area contributed by atoms with E-state index in [1.54, 1.807) is 6.07 Å². The molecule has 0 unspecified atom stereocenters. The van der Waals surface area contributed by atoms with Gasteiger partial charge in [-0.1, -0.05) is 30.3 Å². The Morgan fingerprint density at radius 2 is 2.00 bits per heavy atom. The van der Waals surface area contributed by atoms with Gasteiger partial charge in [-0.2, -0.15) is 0 Å². The van der Waals surface area contributed by atoms with Crippen LogP contribution in [-0.4, -0.2) is 21.6 Å². The van der Waals surface area contributed by atoms with Gasteiger partial charge in [0.1, 0.15) is 11.6 Å². The predicted molar refractivity (Wildman–Crippen MR) is 74.6 cm³/mol. The van der Waals surface area contributed by atoms with Crippen LogP contribution in [0.1, 0.15) is 23.2 Å². The topological polar surface area (TPSA) is 84.1 Å². The number of hydrogen-bond donors (Lipinski definition) is 3. The van der Waals surface area contributed by atoms with Crippen LogP contribution in [0, 0.1) is 6.92 Å². The predicted octanol–water partition coefficient (Wildman–Crippen LogP) is 1.39. The summed E-state index contributed by atoms with van der Waals surface area (Å²) in [6.07, 6.45) is -0.571. The van der Waals surface area contributed by atoms with Crippen LogP contribution in [0.4, 0.5) is 5.82 Å². The number of nitrogens with zero attached hydrogens (tertiary/aromatic N) is 2. The summed E-state index contributed by atoms with van der Waals surface area (Å²) in [6, 6.07) is 11.3. The minimum atomic E-state index is -0.571. The normalized spacial score (nSPS) is 12.2. The lowest BCUT2D eigenvalue weighted by molar-refractivity contribution is 0.191. The SMILES string of the molecule is Cc1nc(CN)cc(NC[C@@H](O)c2ccccc2)n1. The third kappa shape index (κ3) is 3.74. The summed E-state index contributed by atoms with van der Waals surface area (Å²) in [7, 11) is 0. The number of aliphatic hydroxyl groups excluding tert-OH is 1. The Bertz CT molecular complexity index is 530. The monoisotopic (exact) mass is 258 g/mol. The molecule has 1 heterocycles. The maximum Gasteiger partial charge on any atom is 0.130 e. The molecule has 0 aliphatic rings. The van der Waals surface area contributed by atoms with Crippen molar-refractivity contribution < 1.29 is 5.11 Å². The fourth-order valence-electron chi connectivity index (χ4n) is 1.82. The molecule has 1 aromatic carbocycles. The molecule has 0 fully saturated rings. The average molecular weight is 258 g/mol. The Morgan fingerprint density at radius 3 is 2.68 bits per heavy atom. The van der Waals surface area contributed by atoms with Crippen molar-refractivity contribution in [2.75, 3.05) is 11.9 Å². The van der Waals surface area contributed by atoms with Crippen LogP contribution in [0.2, 0.25) is 0 Å². The minimum Gasteiger partial charge on any atom is -0.387 e. The molecule has 100 valence electrons. The highest BCUT2D eigenvalue weighted by Crippen LogP contribution is 2.13. The van der Waals surface area contributed by atoms with E-state index in [9.17, 15) is 5.11 Å². The second-order valence-electron chi connectivity index (χ2n) is 4.30. The Hall–Kier alpha value is -1.98. The van der Waals surface area contributed by atoms with E-state index < -0.39 is 6.10 Å². The lowest BCUT2D eigenvalue weighted by Gasteiger charge is -2.13. The van der Waals surface area contributed by atoms with E-state index in [-0.39, 0.29) is 0 Å². The van der Waals surface area contributed by atoms with E-state index in [2.05, 4.69) is 15.3 Å². The molecule has 19 heavy (non-hydrogen) atoms. The molecular formula is C14H18N4O. The first kappa shape index (κ1) is 13.5. The fraction of sp³-hybridized carbons (Fsp3) is 0.286. The number of rotatable bonds is 5. The van der Waals surface area contributed by atoms with Crippen molar-refractivity contribution in [2.24, 2.45) is 5.73 Å². The second-order valence-corrected chi connectivity index (χ2v) is 4.30. The molecule has 0 bridgehead atoms. The zero-order chi connectivity index (χ0) is 13.7. The quantitative estimate of drug-likeness (QED) is 0.754. The Kier molecular flexibility index (Phi) is 4.43. The molecule has 0 saturated carbocycles. The average Bonchev–Trinajstić information content (AvgIpc) is 2.45. The van der Waals surface area contributed by atoms with Gasteiger partial charge in [0.15, 0.2) is 0 Å². The molecule has 1 atom stereocenters. The summed E-state index contributed by atoms with van der Waals surface area (Å²) in [5, 5.41) is 13.1. The summed E-state index contributed by atoms with van der Waals surface area (Å²) in [4.78, 5) is 8.46. The largest absolute Gasteiger partial charge is 0.387 e. The van der Waals surface area contributed by atoms with Crippen LogP contribution in [0.25, 0.3) is 0 Å². The van der Waals surface area contributed by atoms with Gasteiger partial charge in [-0.05, 0) is 12.5 Å². The standard InChI is InChI=1S/C14H18N4O/c1-10-17-12(8-15)7-14(18-10)16-9-13(19)11-5-3-2-4-6-11/h2-7,13,19H,8-9,15H2,1H3,(H,16,17,18)/t13-/m1/s1. The smallest absolute Gasteiger partial charge is 0.130 e. The number of aliphatic hydroxyl groups is 1. The van der Waals surface area contributed by atoms with Gasteiger partial charge in [-0.25, -0.2) is 9.97 Å². The summed E-state index contributed by atoms with van der Waals surface area (Å²) in [5.41, 5.74) is 7.22. The molecule has 2 aromatic rings. The van der Waals surface area contributed by atoms with Crippen molar-refractivity contribution >= 4 is 5.82 Å². The minimum absolute atomic E-state index is 0.374. The van der Waals surface area contributed by atoms with E-state index >= 15 is 0 Å². The lowest BCUT2D eigenvalue weighted by atomic mass is 10.1. The van der Waals surface area contributed by atoms with E-state index in [1.165, 1.54) is 0 Å². The van der Waals surface area contributed by atoms with E-state index in [1.807, 2.05) is 37.3 Å². The molecule has 0 radical (unpaired) electrons. The first-order valence-electron chi connectivity index (χ1n) is 6.20. The molecule has 0 amide bonds. The van der Waals surface area contributed by atoms with Gasteiger partial charge in [0.25, 0.3) is 0 Å². The van der Waals surface area contributed by atoms with Gasteiger partial charge >= 0.3 is 0 Å². The molecule has 4 N–H and O–H groups in total. The molecule has 1 aromatic heterocycles. The van der Waals surface area contributed by atoms with Crippen molar-refractivity contribution in [3.8, 4) is 0 Å². The van der Waals surface area contributed by atoms with Crippen LogP contribution in [0.3, 0.4) is 0 Å². The van der Waals surface area contributed by atoms with Crippen molar-refractivity contribution in [1.29, 1.82) is 0 Å². The second kappa shape index (κ2) is 6.26. The van der Waals surface area contributed by atoms with Crippen LogP contribution in [0.15, 0.2) is 36.4 Å². The first-order chi connectivity index (χ1) is 9.19. The van der Waals surface area contributed by atoms with Gasteiger partial charge in [-0.15, -0.1) is 0 Å². The van der Waals surface area contributed by atoms with E-state index in [0.29, 0.717) is 24.7 Å². The number of hydrogen-bond acceptors (Lipinski definition) is 5. The molecular weight excluding hydrogens is 240 g/mol. The third-order valence-electron chi connectivity index (χ3n) is 2.76. The number of nitrogens with one attached hydrogen (secondary N) is 1. The van der Waals surface area contributed by atoms with Crippen LogP contribution >= 0.6 is 0 Å². The summed E-state index contributed by atoms with van der Waals surface area (Å²) >= 11 is 0. The van der Waals surface area contributed by atoms with Crippen molar-refractivity contribution in [2.45, 2.75) is 19.6 Å². The van der Waals surface area contributed by atoms with Crippen LogP contribution in [-0.2, 0) is 6.54 Å². The highest BCUT2D eigenvalue weighted by atomic mass is 16.3. The van der Waals surface area contributed by atoms with E-state index in [0.717, 1.165) is 11.3 Å². The maximum atomic E-state index is 10.0. The van der Waals surface area contributed by atoms with Gasteiger partial charge < -0.3 is 16.2 Å². The van der Waals surface area contributed by atoms with Crippen molar-refractivity contribution in [3.05, 3.63) is 53.5 Å². The zero-order valence-corrected chi connectivity index (χ0v) is 10.9. The van der Waals surface area contributed by atoms with Crippen molar-refractivity contribution in [1.82, 2.24) is 9.97 Å². The van der Waals surface area contributed by atoms with E-state index in [4.69, 9.17) is 5.73 Å². The molecule has 0 spiro atoms. The number of nitrogens with two attached hydrogens (primary N) is 1. The first-order valence-corrected chi connectivity index (χ1v) is 6.20. The van der Waals surface area contributed by atoms with Crippen molar-refractivity contribution in [3.63, 3.8) is 0 Å². The van der Waals surface area contributed by atoms with Gasteiger partial charge in [0.05, 0.1) is 11.8 Å². The van der Waals surface area contributed by atoms with Gasteiger partial charge in [0, 0.05) is 19.2 Å². The molecule has 5 heteroatoms. The lowest BCUT2D eigenvalue weighted by Crippen LogP contribution is -2.14. The highest BCUT2D eigenvalue weighted by molar-refractivity contribution is 5.36. The third-order valence-corrected chi connectivity index (χ3v) is 2.76. The highest BCUT2D eigenvalue weighted by Gasteiger charge is 2.07. The van der Waals surface area contributed by atoms with Gasteiger partial charge in [-0.3, -0.25) is 0 Å². The maximum absolute atomic E-state index is 10.0. The Labute approximate surface area is 112 Å². The molecule has 0 aliphatic carbocycles. The summed E-state index contributed by atoms with van der Waals surface area (Å²) in [6.45, 7) is 2.59. The van der Waals surface area contributed by atoms with Gasteiger partial charge in [0.2, 0.25) is 0 Å². The zero-order valence-electron chi connectivity index (χ0n) is 10.9. The number of aromatic nitrogens is 2. The Morgan fingerprint density at radius 1 is 1.26 bits per heavy atom. The Balaban J connectivity index is 2.01. The molecule has 0 saturated heterocycles. The molecule has 2 rings (SSSR count). The van der Waals surface area contributed by atoms with Crippen LogP contribution in [0.5, 0.6) is 0 Å². The molecule has 0 aliphatic heterocycles. The fourth-order valence-corrected chi connectivity index (χ4v) is 1.82. The number of aryl methyl sites for hydroxylation is 1. The summed E-state index contributed by atoms with van der Waals surface area (Å²) < 4.78 is 0. The van der Waals surface area contributed by atoms with Crippen LogP contribution < -0.4 is 11.1 Å². The number of benzene rings is 1. The number of anilines is 1. The molecule has 5 nitrogen and oxygen atoms in total. The summed E-state index contributed by atoms with van der Waals surface area (Å²) in [5.74, 6) is 1.35.